The van der Waals surface area contributed by atoms with Crippen LogP contribution in [0.2, 0.25) is 5.02 Å². The summed E-state index contributed by atoms with van der Waals surface area (Å²) in [5, 5.41) is 0.540. The molecule has 1 aromatic rings. The van der Waals surface area contributed by atoms with Gasteiger partial charge in [0, 0.05) is 5.02 Å². The van der Waals surface area contributed by atoms with Crippen LogP contribution in [0.5, 0.6) is 0 Å². The van der Waals surface area contributed by atoms with Gasteiger partial charge in [-0.05, 0) is 36.6 Å². The van der Waals surface area contributed by atoms with Crippen LogP contribution >= 0.6 is 11.6 Å². The van der Waals surface area contributed by atoms with Crippen LogP contribution in [-0.4, -0.2) is 0 Å². The topological polar surface area (TPSA) is 0 Å². The molecule has 1 aliphatic rings. The van der Waals surface area contributed by atoms with Gasteiger partial charge < -0.3 is 0 Å². The van der Waals surface area contributed by atoms with Crippen molar-refractivity contribution >= 4 is 17.7 Å². The normalized spacial score (nSPS) is 14.4. The minimum atomic E-state index is -0.260. The standard InChI is InChI=1S/C10H8ClF/c1-6-2-7-4-8(12)5-10(11)9(7)3-6/h2,4-5H,3H2,1H3. The molecule has 1 aliphatic carbocycles. The fourth-order valence-corrected chi connectivity index (χ4v) is 1.81. The molecule has 0 unspecified atom stereocenters. The van der Waals surface area contributed by atoms with E-state index in [2.05, 4.69) is 0 Å². The summed E-state index contributed by atoms with van der Waals surface area (Å²) >= 11 is 5.87. The van der Waals surface area contributed by atoms with Gasteiger partial charge in [-0.15, -0.1) is 0 Å². The predicted octanol–water partition coefficient (Wildman–Crippen LogP) is 3.44. The van der Waals surface area contributed by atoms with Gasteiger partial charge >= 0.3 is 0 Å². The highest BCUT2D eigenvalue weighted by molar-refractivity contribution is 6.31. The van der Waals surface area contributed by atoms with Gasteiger partial charge in [-0.25, -0.2) is 4.39 Å². The average molecular weight is 183 g/mol. The molecule has 12 heavy (non-hydrogen) atoms. The van der Waals surface area contributed by atoms with Crippen LogP contribution in [0.1, 0.15) is 18.1 Å². The quantitative estimate of drug-likeness (QED) is 0.577. The number of allylic oxidation sites excluding steroid dienone is 1. The number of hydrogen-bond donors (Lipinski definition) is 0. The van der Waals surface area contributed by atoms with Crippen LogP contribution in [0, 0.1) is 5.82 Å². The van der Waals surface area contributed by atoms with Gasteiger partial charge in [0.05, 0.1) is 0 Å². The maximum absolute atomic E-state index is 12.8. The maximum atomic E-state index is 12.8. The first kappa shape index (κ1) is 7.81. The van der Waals surface area contributed by atoms with Crippen molar-refractivity contribution in [1.29, 1.82) is 0 Å². The highest BCUT2D eigenvalue weighted by Crippen LogP contribution is 2.31. The van der Waals surface area contributed by atoms with Gasteiger partial charge in [-0.1, -0.05) is 23.3 Å². The zero-order valence-electron chi connectivity index (χ0n) is 6.70. The average Bonchev–Trinajstić information content (AvgIpc) is 2.29. The smallest absolute Gasteiger partial charge is 0.125 e. The molecule has 0 nitrogen and oxygen atoms in total. The largest absolute Gasteiger partial charge is 0.207 e. The van der Waals surface area contributed by atoms with Gasteiger partial charge in [0.15, 0.2) is 0 Å². The number of rotatable bonds is 0. The minimum Gasteiger partial charge on any atom is -0.207 e. The van der Waals surface area contributed by atoms with Crippen LogP contribution < -0.4 is 0 Å². The SMILES string of the molecule is CC1=Cc2cc(F)cc(Cl)c2C1. The number of hydrogen-bond acceptors (Lipinski definition) is 0. The summed E-state index contributed by atoms with van der Waals surface area (Å²) < 4.78 is 12.8. The van der Waals surface area contributed by atoms with E-state index in [0.29, 0.717) is 5.02 Å². The third-order valence-electron chi connectivity index (χ3n) is 2.05. The molecular weight excluding hydrogens is 175 g/mol. The molecule has 0 radical (unpaired) electrons. The second-order valence-corrected chi connectivity index (χ2v) is 3.53. The van der Waals surface area contributed by atoms with Gasteiger partial charge in [-0.3, -0.25) is 0 Å². The molecular formula is C10H8ClF. The van der Waals surface area contributed by atoms with E-state index in [1.54, 1.807) is 0 Å². The lowest BCUT2D eigenvalue weighted by molar-refractivity contribution is 0.627. The summed E-state index contributed by atoms with van der Waals surface area (Å²) in [6.07, 6.45) is 2.83. The van der Waals surface area contributed by atoms with Gasteiger partial charge in [0.2, 0.25) is 0 Å². The van der Waals surface area contributed by atoms with Crippen molar-refractivity contribution in [3.8, 4) is 0 Å². The zero-order valence-corrected chi connectivity index (χ0v) is 7.45. The molecule has 0 spiro atoms. The van der Waals surface area contributed by atoms with E-state index in [9.17, 15) is 4.39 Å². The molecule has 0 saturated heterocycles. The Kier molecular flexibility index (Phi) is 1.69. The predicted molar refractivity (Wildman–Crippen MR) is 48.8 cm³/mol. The molecule has 1 aromatic carbocycles. The fraction of sp³-hybridized carbons (Fsp3) is 0.200. The van der Waals surface area contributed by atoms with E-state index < -0.39 is 0 Å². The van der Waals surface area contributed by atoms with E-state index in [4.69, 9.17) is 11.6 Å². The molecule has 62 valence electrons. The van der Waals surface area contributed by atoms with Crippen molar-refractivity contribution in [2.45, 2.75) is 13.3 Å². The van der Waals surface area contributed by atoms with Crippen molar-refractivity contribution in [3.63, 3.8) is 0 Å². The van der Waals surface area contributed by atoms with E-state index >= 15 is 0 Å². The summed E-state index contributed by atoms with van der Waals surface area (Å²) in [7, 11) is 0. The Morgan fingerprint density at radius 3 is 2.92 bits per heavy atom. The second-order valence-electron chi connectivity index (χ2n) is 3.12. The van der Waals surface area contributed by atoms with Crippen molar-refractivity contribution in [2.75, 3.05) is 0 Å². The Bertz CT molecular complexity index is 366. The molecule has 0 bridgehead atoms. The highest BCUT2D eigenvalue weighted by Gasteiger charge is 2.13. The lowest BCUT2D eigenvalue weighted by Crippen LogP contribution is -1.86. The molecule has 0 saturated carbocycles. The van der Waals surface area contributed by atoms with Crippen LogP contribution in [0.3, 0.4) is 0 Å². The molecule has 0 fully saturated rings. The van der Waals surface area contributed by atoms with Gasteiger partial charge in [0.1, 0.15) is 5.82 Å². The molecule has 0 aromatic heterocycles. The summed E-state index contributed by atoms with van der Waals surface area (Å²) in [4.78, 5) is 0. The monoisotopic (exact) mass is 182 g/mol. The first-order chi connectivity index (χ1) is 5.66. The van der Waals surface area contributed by atoms with E-state index in [-0.39, 0.29) is 5.82 Å². The summed E-state index contributed by atoms with van der Waals surface area (Å²) in [6.45, 7) is 2.02. The van der Waals surface area contributed by atoms with Crippen LogP contribution in [0.25, 0.3) is 6.08 Å². The number of benzene rings is 1. The van der Waals surface area contributed by atoms with Crippen LogP contribution in [-0.2, 0) is 6.42 Å². The molecule has 0 atom stereocenters. The van der Waals surface area contributed by atoms with E-state index in [1.165, 1.54) is 17.7 Å². The van der Waals surface area contributed by atoms with Crippen molar-refractivity contribution < 1.29 is 4.39 Å². The first-order valence-electron chi connectivity index (χ1n) is 3.82. The molecule has 2 rings (SSSR count). The Morgan fingerprint density at radius 2 is 2.17 bits per heavy atom. The zero-order chi connectivity index (χ0) is 8.72. The second kappa shape index (κ2) is 2.60. The Labute approximate surface area is 75.7 Å². The van der Waals surface area contributed by atoms with Crippen LogP contribution in [0.15, 0.2) is 17.7 Å². The summed E-state index contributed by atoms with van der Waals surface area (Å²) in [5.41, 5.74) is 3.21. The third-order valence-corrected chi connectivity index (χ3v) is 2.39. The van der Waals surface area contributed by atoms with Crippen molar-refractivity contribution in [1.82, 2.24) is 0 Å². The van der Waals surface area contributed by atoms with E-state index in [0.717, 1.165) is 17.5 Å². The number of halogens is 2. The van der Waals surface area contributed by atoms with Crippen LogP contribution in [0.4, 0.5) is 4.39 Å². The summed E-state index contributed by atoms with van der Waals surface area (Å²) in [6, 6.07) is 2.89. The van der Waals surface area contributed by atoms with Gasteiger partial charge in [0.25, 0.3) is 0 Å². The van der Waals surface area contributed by atoms with Crippen molar-refractivity contribution in [2.24, 2.45) is 0 Å². The molecule has 0 N–H and O–H groups in total. The van der Waals surface area contributed by atoms with Gasteiger partial charge in [-0.2, -0.15) is 0 Å². The third kappa shape index (κ3) is 1.14. The minimum absolute atomic E-state index is 0.260. The fourth-order valence-electron chi connectivity index (χ4n) is 1.53. The molecule has 2 heteroatoms. The first-order valence-corrected chi connectivity index (χ1v) is 4.20. The molecule has 0 aliphatic heterocycles. The highest BCUT2D eigenvalue weighted by atomic mass is 35.5. The van der Waals surface area contributed by atoms with E-state index in [1.807, 2.05) is 13.0 Å². The molecule has 0 heterocycles. The Balaban J connectivity index is 2.61. The maximum Gasteiger partial charge on any atom is 0.125 e. The number of fused-ring (bicyclic) bond motifs is 1. The Morgan fingerprint density at radius 1 is 1.42 bits per heavy atom. The lowest BCUT2D eigenvalue weighted by Gasteiger charge is -2.01. The molecule has 0 amide bonds. The lowest BCUT2D eigenvalue weighted by atomic mass is 10.1. The summed E-state index contributed by atoms with van der Waals surface area (Å²) in [5.74, 6) is -0.260. The van der Waals surface area contributed by atoms with Crippen molar-refractivity contribution in [3.05, 3.63) is 39.7 Å². The Hall–Kier alpha value is -0.820.